The topological polar surface area (TPSA) is 29.3 Å². The third-order valence-electron chi connectivity index (χ3n) is 2.94. The molecular weight excluding hydrogens is 210 g/mol. The Morgan fingerprint density at radius 1 is 1.38 bits per heavy atom. The number of piperidine rings is 1. The molecule has 88 valence electrons. The Balaban J connectivity index is 2.05. The fourth-order valence-electron chi connectivity index (χ4n) is 2.14. The van der Waals surface area contributed by atoms with Gasteiger partial charge in [-0.15, -0.1) is 0 Å². The fraction of sp³-hybridized carbons (Fsp3) is 0.500. The van der Waals surface area contributed by atoms with Crippen molar-refractivity contribution in [3.63, 3.8) is 0 Å². The number of nitrogens with zero attached hydrogens (tertiary/aromatic N) is 1. The lowest BCUT2D eigenvalue weighted by atomic mass is 10.1. The van der Waals surface area contributed by atoms with E-state index in [1.165, 1.54) is 12.1 Å². The highest BCUT2D eigenvalue weighted by Crippen LogP contribution is 2.15. The molecule has 1 aromatic carbocycles. The van der Waals surface area contributed by atoms with Crippen LogP contribution < -0.4 is 5.73 Å². The van der Waals surface area contributed by atoms with Crippen LogP contribution in [-0.2, 0) is 6.54 Å². The van der Waals surface area contributed by atoms with Crippen LogP contribution in [0, 0.1) is 11.6 Å². The van der Waals surface area contributed by atoms with E-state index in [0.29, 0.717) is 12.1 Å². The van der Waals surface area contributed by atoms with Crippen molar-refractivity contribution in [2.24, 2.45) is 5.73 Å². The molecule has 0 aromatic heterocycles. The predicted octanol–water partition coefficient (Wildman–Crippen LogP) is 1.89. The number of hydrogen-bond acceptors (Lipinski definition) is 2. The Kier molecular flexibility index (Phi) is 3.51. The standard InChI is InChI=1S/C12H16F2N2/c13-10-3-4-12(14)9(6-10)7-16-5-1-2-11(15)8-16/h3-4,6,11H,1-2,5,7-8,15H2/t11-/m1/s1. The molecular formula is C12H16F2N2. The molecule has 2 nitrogen and oxygen atoms in total. The summed E-state index contributed by atoms with van der Waals surface area (Å²) in [4.78, 5) is 2.08. The first-order valence-electron chi connectivity index (χ1n) is 5.57. The number of likely N-dealkylation sites (tertiary alicyclic amines) is 1. The van der Waals surface area contributed by atoms with Crippen LogP contribution in [0.25, 0.3) is 0 Å². The minimum Gasteiger partial charge on any atom is -0.327 e. The first kappa shape index (κ1) is 11.5. The normalized spacial score (nSPS) is 22.3. The van der Waals surface area contributed by atoms with Crippen LogP contribution in [-0.4, -0.2) is 24.0 Å². The van der Waals surface area contributed by atoms with E-state index in [4.69, 9.17) is 5.73 Å². The first-order valence-corrected chi connectivity index (χ1v) is 5.57. The average molecular weight is 226 g/mol. The van der Waals surface area contributed by atoms with Gasteiger partial charge in [0.05, 0.1) is 0 Å². The Hall–Kier alpha value is -1.00. The van der Waals surface area contributed by atoms with Crippen molar-refractivity contribution in [1.82, 2.24) is 4.90 Å². The molecule has 1 heterocycles. The van der Waals surface area contributed by atoms with Gasteiger partial charge in [0.25, 0.3) is 0 Å². The molecule has 1 atom stereocenters. The van der Waals surface area contributed by atoms with Gasteiger partial charge in [0, 0.05) is 24.7 Å². The number of halogens is 2. The predicted molar refractivity (Wildman–Crippen MR) is 58.8 cm³/mol. The fourth-order valence-corrected chi connectivity index (χ4v) is 2.14. The lowest BCUT2D eigenvalue weighted by Crippen LogP contribution is -2.42. The van der Waals surface area contributed by atoms with Crippen molar-refractivity contribution < 1.29 is 8.78 Å². The van der Waals surface area contributed by atoms with Crippen molar-refractivity contribution in [2.75, 3.05) is 13.1 Å². The number of benzene rings is 1. The van der Waals surface area contributed by atoms with Gasteiger partial charge in [-0.25, -0.2) is 8.78 Å². The lowest BCUT2D eigenvalue weighted by molar-refractivity contribution is 0.199. The number of nitrogens with two attached hydrogens (primary N) is 1. The molecule has 1 saturated heterocycles. The summed E-state index contributed by atoms with van der Waals surface area (Å²) in [7, 11) is 0. The van der Waals surface area contributed by atoms with Gasteiger partial charge < -0.3 is 5.73 Å². The van der Waals surface area contributed by atoms with Crippen molar-refractivity contribution in [1.29, 1.82) is 0 Å². The second kappa shape index (κ2) is 4.89. The molecule has 0 bridgehead atoms. The van der Waals surface area contributed by atoms with Crippen molar-refractivity contribution in [3.8, 4) is 0 Å². The van der Waals surface area contributed by atoms with Gasteiger partial charge in [-0.2, -0.15) is 0 Å². The summed E-state index contributed by atoms with van der Waals surface area (Å²) in [5, 5.41) is 0. The van der Waals surface area contributed by atoms with Gasteiger partial charge in [0.15, 0.2) is 0 Å². The Morgan fingerprint density at radius 3 is 2.94 bits per heavy atom. The molecule has 0 unspecified atom stereocenters. The molecule has 1 aliphatic rings. The molecule has 0 amide bonds. The maximum atomic E-state index is 13.4. The summed E-state index contributed by atoms with van der Waals surface area (Å²) in [5.74, 6) is -0.738. The van der Waals surface area contributed by atoms with Gasteiger partial charge >= 0.3 is 0 Å². The second-order valence-corrected chi connectivity index (χ2v) is 4.37. The van der Waals surface area contributed by atoms with Crippen LogP contribution in [0.4, 0.5) is 8.78 Å². The summed E-state index contributed by atoms with van der Waals surface area (Å²) >= 11 is 0. The van der Waals surface area contributed by atoms with Crippen LogP contribution in [0.15, 0.2) is 18.2 Å². The lowest BCUT2D eigenvalue weighted by Gasteiger charge is -2.30. The summed E-state index contributed by atoms with van der Waals surface area (Å²) in [6, 6.07) is 3.73. The Labute approximate surface area is 94.0 Å². The zero-order valence-corrected chi connectivity index (χ0v) is 9.13. The van der Waals surface area contributed by atoms with E-state index in [1.54, 1.807) is 0 Å². The highest BCUT2D eigenvalue weighted by molar-refractivity contribution is 5.18. The summed E-state index contributed by atoms with van der Waals surface area (Å²) in [6.45, 7) is 2.11. The van der Waals surface area contributed by atoms with Gasteiger partial charge in [0.2, 0.25) is 0 Å². The van der Waals surface area contributed by atoms with Crippen molar-refractivity contribution in [3.05, 3.63) is 35.4 Å². The van der Waals surface area contributed by atoms with E-state index in [0.717, 1.165) is 32.0 Å². The van der Waals surface area contributed by atoms with Gasteiger partial charge in [-0.05, 0) is 37.6 Å². The third kappa shape index (κ3) is 2.77. The molecule has 2 rings (SSSR count). The molecule has 0 spiro atoms. The van der Waals surface area contributed by atoms with Crippen molar-refractivity contribution in [2.45, 2.75) is 25.4 Å². The third-order valence-corrected chi connectivity index (χ3v) is 2.94. The quantitative estimate of drug-likeness (QED) is 0.834. The maximum Gasteiger partial charge on any atom is 0.127 e. The molecule has 1 fully saturated rings. The smallest absolute Gasteiger partial charge is 0.127 e. The number of hydrogen-bond donors (Lipinski definition) is 1. The van der Waals surface area contributed by atoms with Crippen LogP contribution >= 0.6 is 0 Å². The maximum absolute atomic E-state index is 13.4. The summed E-state index contributed by atoms with van der Waals surface area (Å²) in [6.07, 6.45) is 2.04. The van der Waals surface area contributed by atoms with Crippen LogP contribution in [0.3, 0.4) is 0 Å². The SMILES string of the molecule is N[C@@H]1CCCN(Cc2cc(F)ccc2F)C1. The van der Waals surface area contributed by atoms with Gasteiger partial charge in [-0.1, -0.05) is 0 Å². The zero-order valence-electron chi connectivity index (χ0n) is 9.13. The largest absolute Gasteiger partial charge is 0.327 e. The number of rotatable bonds is 2. The molecule has 16 heavy (non-hydrogen) atoms. The van der Waals surface area contributed by atoms with Crippen LogP contribution in [0.1, 0.15) is 18.4 Å². The monoisotopic (exact) mass is 226 g/mol. The van der Waals surface area contributed by atoms with E-state index < -0.39 is 5.82 Å². The molecule has 1 aliphatic heterocycles. The van der Waals surface area contributed by atoms with E-state index in [-0.39, 0.29) is 11.9 Å². The Morgan fingerprint density at radius 2 is 2.19 bits per heavy atom. The van der Waals surface area contributed by atoms with Gasteiger partial charge in [0.1, 0.15) is 11.6 Å². The molecule has 4 heteroatoms. The molecule has 0 radical (unpaired) electrons. The van der Waals surface area contributed by atoms with Crippen LogP contribution in [0.2, 0.25) is 0 Å². The van der Waals surface area contributed by atoms with Gasteiger partial charge in [-0.3, -0.25) is 4.90 Å². The summed E-state index contributed by atoms with van der Waals surface area (Å²) in [5.41, 5.74) is 6.25. The van der Waals surface area contributed by atoms with E-state index in [9.17, 15) is 8.78 Å². The van der Waals surface area contributed by atoms with Crippen LogP contribution in [0.5, 0.6) is 0 Å². The first-order chi connectivity index (χ1) is 7.65. The summed E-state index contributed by atoms with van der Waals surface area (Å²) < 4.78 is 26.4. The van der Waals surface area contributed by atoms with E-state index in [1.807, 2.05) is 0 Å². The van der Waals surface area contributed by atoms with E-state index in [2.05, 4.69) is 4.90 Å². The molecule has 0 aliphatic carbocycles. The zero-order chi connectivity index (χ0) is 11.5. The molecule has 0 saturated carbocycles. The highest BCUT2D eigenvalue weighted by atomic mass is 19.1. The minimum absolute atomic E-state index is 0.158. The molecule has 1 aromatic rings. The highest BCUT2D eigenvalue weighted by Gasteiger charge is 2.17. The van der Waals surface area contributed by atoms with E-state index >= 15 is 0 Å². The van der Waals surface area contributed by atoms with Crippen molar-refractivity contribution >= 4 is 0 Å². The average Bonchev–Trinajstić information content (AvgIpc) is 2.24. The second-order valence-electron chi connectivity index (χ2n) is 4.37. The minimum atomic E-state index is -0.391. The Bertz CT molecular complexity index is 368. The molecule has 2 N–H and O–H groups in total.